The van der Waals surface area contributed by atoms with Gasteiger partial charge in [-0.3, -0.25) is 10.0 Å². The van der Waals surface area contributed by atoms with E-state index in [9.17, 15) is 4.79 Å². The van der Waals surface area contributed by atoms with Crippen molar-refractivity contribution >= 4 is 17.3 Å². The minimum absolute atomic E-state index is 0.381. The number of para-hydroxylation sites is 1. The van der Waals surface area contributed by atoms with Crippen LogP contribution >= 0.6 is 0 Å². The Morgan fingerprint density at radius 3 is 2.35 bits per heavy atom. The first-order valence-corrected chi connectivity index (χ1v) is 10.5. The predicted molar refractivity (Wildman–Crippen MR) is 122 cm³/mol. The fraction of sp³-hybridized carbons (Fsp3) is 0.231. The monoisotopic (exact) mass is 414 g/mol. The first-order chi connectivity index (χ1) is 15.1. The molecule has 0 bridgehead atoms. The lowest BCUT2D eigenvalue weighted by Gasteiger charge is -2.27. The maximum atomic E-state index is 11.7. The molecule has 0 aromatic heterocycles. The zero-order valence-electron chi connectivity index (χ0n) is 17.8. The average molecular weight is 415 g/mol. The highest BCUT2D eigenvalue weighted by molar-refractivity contribution is 6.15. The van der Waals surface area contributed by atoms with Gasteiger partial charge in [0, 0.05) is 16.7 Å². The zero-order valence-corrected chi connectivity index (χ0v) is 17.8. The fourth-order valence-corrected chi connectivity index (χ4v) is 3.93. The average Bonchev–Trinajstić information content (AvgIpc) is 2.77. The van der Waals surface area contributed by atoms with Crippen LogP contribution in [0.4, 0.5) is 5.69 Å². The highest BCUT2D eigenvalue weighted by Crippen LogP contribution is 2.41. The van der Waals surface area contributed by atoms with Crippen LogP contribution in [0.3, 0.4) is 0 Å². The topological polar surface area (TPSA) is 70.9 Å². The third-order valence-electron chi connectivity index (χ3n) is 5.92. The minimum Gasteiger partial charge on any atom is -0.497 e. The van der Waals surface area contributed by atoms with Crippen LogP contribution < -0.4 is 10.2 Å². The van der Waals surface area contributed by atoms with Crippen molar-refractivity contribution in [2.24, 2.45) is 4.99 Å². The number of benzene rings is 3. The summed E-state index contributed by atoms with van der Waals surface area (Å²) in [6, 6.07) is 21.4. The smallest absolute Gasteiger partial charge is 0.274 e. The summed E-state index contributed by atoms with van der Waals surface area (Å²) in [6.07, 6.45) is 3.67. The maximum Gasteiger partial charge on any atom is 0.274 e. The lowest BCUT2D eigenvalue weighted by Crippen LogP contribution is -2.18. The van der Waals surface area contributed by atoms with E-state index in [1.165, 1.54) is 24.8 Å². The van der Waals surface area contributed by atoms with Crippen LogP contribution in [0.25, 0.3) is 0 Å². The summed E-state index contributed by atoms with van der Waals surface area (Å²) < 4.78 is 5.37. The molecule has 5 nitrogen and oxygen atoms in total. The second-order valence-electron chi connectivity index (χ2n) is 7.85. The van der Waals surface area contributed by atoms with Gasteiger partial charge in [0.2, 0.25) is 0 Å². The summed E-state index contributed by atoms with van der Waals surface area (Å²) in [6.45, 7) is 2.04. The van der Waals surface area contributed by atoms with E-state index in [-0.39, 0.29) is 0 Å². The standard InChI is InChI=1S/C26H26N2O3/c1-17-16-21(31-2)14-15-22(17)25(19-10-12-20(13-11-19)26(29)28-30)27-24-9-4-3-8-23(24)18-6-5-7-18/h3-4,8-16,18,30H,5-7H2,1-2H3,(H,28,29). The molecule has 1 aliphatic rings. The predicted octanol–water partition coefficient (Wildman–Crippen LogP) is 5.56. The Kier molecular flexibility index (Phi) is 6.14. The Morgan fingerprint density at radius 1 is 1.03 bits per heavy atom. The molecule has 158 valence electrons. The number of carbonyl (C=O) groups excluding carboxylic acids is 1. The number of aliphatic imine (C=N–C) groups is 1. The van der Waals surface area contributed by atoms with Gasteiger partial charge in [0.05, 0.1) is 18.5 Å². The van der Waals surface area contributed by atoms with Crippen molar-refractivity contribution in [2.45, 2.75) is 32.1 Å². The van der Waals surface area contributed by atoms with Crippen LogP contribution in [0.5, 0.6) is 5.75 Å². The van der Waals surface area contributed by atoms with Crippen LogP contribution in [0, 0.1) is 6.92 Å². The Labute approximate surface area is 182 Å². The third-order valence-corrected chi connectivity index (χ3v) is 5.92. The Bertz CT molecular complexity index is 1120. The number of aryl methyl sites for hydroxylation is 1. The first kappa shape index (κ1) is 20.8. The molecular formula is C26H26N2O3. The number of amides is 1. The summed E-state index contributed by atoms with van der Waals surface area (Å²) in [5.74, 6) is 0.820. The molecule has 1 fully saturated rings. The fourth-order valence-electron chi connectivity index (χ4n) is 3.93. The van der Waals surface area contributed by atoms with Gasteiger partial charge in [-0.25, -0.2) is 10.5 Å². The maximum absolute atomic E-state index is 11.7. The largest absolute Gasteiger partial charge is 0.497 e. The Hall–Kier alpha value is -3.44. The molecule has 3 aromatic rings. The van der Waals surface area contributed by atoms with Gasteiger partial charge < -0.3 is 4.74 Å². The molecule has 2 N–H and O–H groups in total. The van der Waals surface area contributed by atoms with Crippen molar-refractivity contribution in [1.82, 2.24) is 5.48 Å². The van der Waals surface area contributed by atoms with Crippen LogP contribution in [0.15, 0.2) is 71.7 Å². The van der Waals surface area contributed by atoms with E-state index >= 15 is 0 Å². The quantitative estimate of drug-likeness (QED) is 0.315. The van der Waals surface area contributed by atoms with E-state index in [0.29, 0.717) is 11.5 Å². The summed E-state index contributed by atoms with van der Waals surface area (Å²) in [4.78, 5) is 16.9. The molecule has 1 amide bonds. The molecular weight excluding hydrogens is 388 g/mol. The van der Waals surface area contributed by atoms with E-state index in [0.717, 1.165) is 33.8 Å². The van der Waals surface area contributed by atoms with Crippen LogP contribution in [-0.2, 0) is 0 Å². The molecule has 0 atom stereocenters. The lowest BCUT2D eigenvalue weighted by atomic mass is 9.79. The Morgan fingerprint density at radius 2 is 1.74 bits per heavy atom. The molecule has 1 saturated carbocycles. The van der Waals surface area contributed by atoms with Crippen molar-refractivity contribution in [3.05, 3.63) is 94.5 Å². The summed E-state index contributed by atoms with van der Waals surface area (Å²) >= 11 is 0. The molecule has 0 spiro atoms. The molecule has 0 saturated heterocycles. The van der Waals surface area contributed by atoms with Gasteiger partial charge in [-0.15, -0.1) is 0 Å². The summed E-state index contributed by atoms with van der Waals surface area (Å²) in [7, 11) is 1.66. The van der Waals surface area contributed by atoms with E-state index in [4.69, 9.17) is 14.9 Å². The minimum atomic E-state index is -0.541. The molecule has 4 rings (SSSR count). The van der Waals surface area contributed by atoms with Crippen LogP contribution in [-0.4, -0.2) is 23.9 Å². The van der Waals surface area contributed by atoms with E-state index in [1.807, 2.05) is 43.3 Å². The molecule has 0 aliphatic heterocycles. The van der Waals surface area contributed by atoms with Crippen molar-refractivity contribution in [3.8, 4) is 5.75 Å². The number of methoxy groups -OCH3 is 1. The highest BCUT2D eigenvalue weighted by atomic mass is 16.5. The SMILES string of the molecule is COc1ccc(C(=Nc2ccccc2C2CCC2)c2ccc(C(=O)NO)cc2)c(C)c1. The third kappa shape index (κ3) is 4.37. The zero-order chi connectivity index (χ0) is 21.8. The number of hydrogen-bond acceptors (Lipinski definition) is 4. The second kappa shape index (κ2) is 9.14. The number of nitrogens with zero attached hydrogens (tertiary/aromatic N) is 1. The molecule has 0 radical (unpaired) electrons. The number of rotatable bonds is 6. The Balaban J connectivity index is 1.84. The van der Waals surface area contributed by atoms with Gasteiger partial charge in [-0.2, -0.15) is 0 Å². The molecule has 5 heteroatoms. The number of hydrogen-bond donors (Lipinski definition) is 2. The van der Waals surface area contributed by atoms with Crippen LogP contribution in [0.2, 0.25) is 0 Å². The molecule has 1 aliphatic carbocycles. The number of nitrogens with one attached hydrogen (secondary N) is 1. The van der Waals surface area contributed by atoms with Gasteiger partial charge in [0.25, 0.3) is 5.91 Å². The summed E-state index contributed by atoms with van der Waals surface area (Å²) in [5, 5.41) is 8.90. The molecule has 0 heterocycles. The number of ether oxygens (including phenoxy) is 1. The lowest BCUT2D eigenvalue weighted by molar-refractivity contribution is 0.0706. The van der Waals surface area contributed by atoms with E-state index < -0.39 is 5.91 Å². The number of hydroxylamine groups is 1. The molecule has 31 heavy (non-hydrogen) atoms. The van der Waals surface area contributed by atoms with E-state index in [1.54, 1.807) is 24.7 Å². The number of carbonyl (C=O) groups is 1. The molecule has 3 aromatic carbocycles. The van der Waals surface area contributed by atoms with Crippen molar-refractivity contribution in [1.29, 1.82) is 0 Å². The van der Waals surface area contributed by atoms with Gasteiger partial charge in [0.1, 0.15) is 5.75 Å². The van der Waals surface area contributed by atoms with Gasteiger partial charge in [-0.1, -0.05) is 36.8 Å². The van der Waals surface area contributed by atoms with Crippen LogP contribution in [0.1, 0.15) is 57.8 Å². The van der Waals surface area contributed by atoms with Gasteiger partial charge in [0.15, 0.2) is 0 Å². The summed E-state index contributed by atoms with van der Waals surface area (Å²) in [5.41, 5.74) is 8.11. The van der Waals surface area contributed by atoms with Gasteiger partial charge in [-0.05, 0) is 73.2 Å². The normalized spacial score (nSPS) is 14.1. The second-order valence-corrected chi connectivity index (χ2v) is 7.85. The first-order valence-electron chi connectivity index (χ1n) is 10.5. The van der Waals surface area contributed by atoms with E-state index in [2.05, 4.69) is 18.2 Å². The van der Waals surface area contributed by atoms with Crippen molar-refractivity contribution in [3.63, 3.8) is 0 Å². The van der Waals surface area contributed by atoms with Crippen molar-refractivity contribution < 1.29 is 14.7 Å². The van der Waals surface area contributed by atoms with Crippen molar-refractivity contribution in [2.75, 3.05) is 7.11 Å². The highest BCUT2D eigenvalue weighted by Gasteiger charge is 2.22. The molecule has 0 unspecified atom stereocenters. The van der Waals surface area contributed by atoms with Gasteiger partial charge >= 0.3 is 0 Å².